The van der Waals surface area contributed by atoms with Gasteiger partial charge in [0.15, 0.2) is 5.78 Å². The Kier molecular flexibility index (Phi) is 6.22. The first-order valence-corrected chi connectivity index (χ1v) is 9.12. The number of hydrogen-bond donors (Lipinski definition) is 0. The zero-order valence-corrected chi connectivity index (χ0v) is 16.0. The predicted octanol–water partition coefficient (Wildman–Crippen LogP) is 4.31. The minimum Gasteiger partial charge on any atom is -0.468 e. The van der Waals surface area contributed by atoms with Crippen LogP contribution in [-0.4, -0.2) is 32.5 Å². The van der Waals surface area contributed by atoms with Gasteiger partial charge in [-0.05, 0) is 23.3 Å². The van der Waals surface area contributed by atoms with E-state index >= 15 is 0 Å². The van der Waals surface area contributed by atoms with Crippen molar-refractivity contribution in [2.45, 2.75) is 5.92 Å². The van der Waals surface area contributed by atoms with E-state index in [0.717, 1.165) is 16.8 Å². The lowest BCUT2D eigenvalue weighted by Gasteiger charge is -2.20. The number of methoxy groups -OCH3 is 1. The molecule has 0 aromatic heterocycles. The molecule has 0 N–H and O–H groups in total. The van der Waals surface area contributed by atoms with Gasteiger partial charge in [-0.1, -0.05) is 72.8 Å². The molecule has 1 unspecified atom stereocenters. The van der Waals surface area contributed by atoms with Crippen LogP contribution in [0.4, 0.5) is 5.69 Å². The first kappa shape index (κ1) is 19.4. The van der Waals surface area contributed by atoms with Gasteiger partial charge in [0.2, 0.25) is 0 Å². The number of rotatable bonds is 7. The molecule has 3 aromatic carbocycles. The van der Waals surface area contributed by atoms with Crippen molar-refractivity contribution in [1.82, 2.24) is 0 Å². The zero-order chi connectivity index (χ0) is 19.9. The summed E-state index contributed by atoms with van der Waals surface area (Å²) in [6.07, 6.45) is 0. The molecule has 0 amide bonds. The fraction of sp³-hybridized carbons (Fsp3) is 0.167. The summed E-state index contributed by atoms with van der Waals surface area (Å²) in [6, 6.07) is 26.5. The summed E-state index contributed by atoms with van der Waals surface area (Å²) < 4.78 is 5.01. The molecular weight excluding hydrogens is 350 g/mol. The van der Waals surface area contributed by atoms with Crippen LogP contribution in [0.3, 0.4) is 0 Å². The summed E-state index contributed by atoms with van der Waals surface area (Å²) in [7, 11) is 3.28. The molecule has 0 radical (unpaired) electrons. The van der Waals surface area contributed by atoms with Crippen LogP contribution in [0, 0.1) is 0 Å². The van der Waals surface area contributed by atoms with Crippen molar-refractivity contribution in [3.63, 3.8) is 0 Å². The van der Waals surface area contributed by atoms with Crippen LogP contribution in [0.1, 0.15) is 27.4 Å². The summed E-state index contributed by atoms with van der Waals surface area (Å²) in [5, 5.41) is 0. The molecule has 28 heavy (non-hydrogen) atoms. The van der Waals surface area contributed by atoms with Crippen LogP contribution in [0.5, 0.6) is 0 Å². The highest BCUT2D eigenvalue weighted by Gasteiger charge is 2.23. The van der Waals surface area contributed by atoms with Gasteiger partial charge in [-0.25, -0.2) is 0 Å². The molecule has 0 aliphatic heterocycles. The van der Waals surface area contributed by atoms with Crippen molar-refractivity contribution >= 4 is 17.4 Å². The van der Waals surface area contributed by atoms with E-state index in [1.165, 1.54) is 7.11 Å². The van der Waals surface area contributed by atoms with Crippen molar-refractivity contribution in [1.29, 1.82) is 0 Å². The van der Waals surface area contributed by atoms with Gasteiger partial charge in [-0.2, -0.15) is 0 Å². The van der Waals surface area contributed by atoms with Gasteiger partial charge in [-0.3, -0.25) is 9.59 Å². The van der Waals surface area contributed by atoms with Crippen molar-refractivity contribution < 1.29 is 14.3 Å². The maximum Gasteiger partial charge on any atom is 0.317 e. The highest BCUT2D eigenvalue weighted by atomic mass is 16.5. The van der Waals surface area contributed by atoms with Crippen LogP contribution >= 0.6 is 0 Å². The summed E-state index contributed by atoms with van der Waals surface area (Å²) in [6.45, 7) is 0.280. The van der Waals surface area contributed by atoms with Crippen LogP contribution in [-0.2, 0) is 9.53 Å². The van der Waals surface area contributed by atoms with Crippen LogP contribution in [0.15, 0.2) is 84.9 Å². The standard InChI is InChI=1S/C24H23NO3/c1-25(17-22(26)18-9-5-3-6-10-18)21-15-13-20(14-16-21)23(24(27)28-2)19-11-7-4-8-12-19/h3-16,23H,17H2,1-2H3. The molecule has 0 bridgehead atoms. The average Bonchev–Trinajstić information content (AvgIpc) is 2.75. The van der Waals surface area contributed by atoms with Crippen LogP contribution < -0.4 is 4.90 Å². The molecule has 0 heterocycles. The smallest absolute Gasteiger partial charge is 0.317 e. The number of likely N-dealkylation sites (N-methyl/N-ethyl adjacent to an activating group) is 1. The Morgan fingerprint density at radius 3 is 1.93 bits per heavy atom. The van der Waals surface area contributed by atoms with Crippen molar-refractivity contribution in [2.75, 3.05) is 25.6 Å². The molecule has 0 aliphatic carbocycles. The minimum atomic E-state index is -0.475. The molecule has 3 rings (SSSR count). The van der Waals surface area contributed by atoms with Crippen LogP contribution in [0.2, 0.25) is 0 Å². The van der Waals surface area contributed by atoms with Gasteiger partial charge in [0.25, 0.3) is 0 Å². The maximum atomic E-state index is 12.4. The maximum absolute atomic E-state index is 12.4. The lowest BCUT2D eigenvalue weighted by Crippen LogP contribution is -2.25. The van der Waals surface area contributed by atoms with Crippen molar-refractivity contribution in [3.8, 4) is 0 Å². The molecule has 4 nitrogen and oxygen atoms in total. The molecule has 1 atom stereocenters. The van der Waals surface area contributed by atoms with E-state index in [-0.39, 0.29) is 18.3 Å². The topological polar surface area (TPSA) is 46.6 Å². The molecule has 0 aliphatic rings. The molecule has 0 spiro atoms. The number of nitrogens with zero attached hydrogens (tertiary/aromatic N) is 1. The highest BCUT2D eigenvalue weighted by molar-refractivity contribution is 5.99. The number of Topliss-reactive ketones (excluding diaryl/α,β-unsaturated/α-hetero) is 1. The number of esters is 1. The largest absolute Gasteiger partial charge is 0.468 e. The Balaban J connectivity index is 1.78. The second-order valence-corrected chi connectivity index (χ2v) is 6.60. The van der Waals surface area contributed by atoms with E-state index in [1.54, 1.807) is 0 Å². The first-order chi connectivity index (χ1) is 13.6. The average molecular weight is 373 g/mol. The Labute approximate surface area is 165 Å². The van der Waals surface area contributed by atoms with E-state index in [2.05, 4.69) is 0 Å². The third-order valence-corrected chi connectivity index (χ3v) is 4.71. The van der Waals surface area contributed by atoms with Gasteiger partial charge in [0.1, 0.15) is 5.92 Å². The molecule has 0 fully saturated rings. The third kappa shape index (κ3) is 4.46. The lowest BCUT2D eigenvalue weighted by molar-refractivity contribution is -0.141. The molecule has 4 heteroatoms. The predicted molar refractivity (Wildman–Crippen MR) is 111 cm³/mol. The first-order valence-electron chi connectivity index (χ1n) is 9.12. The zero-order valence-electron chi connectivity index (χ0n) is 16.0. The third-order valence-electron chi connectivity index (χ3n) is 4.71. The quantitative estimate of drug-likeness (QED) is 0.457. The summed E-state index contributed by atoms with van der Waals surface area (Å²) in [5.41, 5.74) is 3.34. The van der Waals surface area contributed by atoms with Gasteiger partial charge in [0.05, 0.1) is 13.7 Å². The van der Waals surface area contributed by atoms with Crippen molar-refractivity contribution in [2.24, 2.45) is 0 Å². The Hall–Kier alpha value is -3.40. The van der Waals surface area contributed by atoms with E-state index in [0.29, 0.717) is 5.56 Å². The number of carbonyl (C=O) groups excluding carboxylic acids is 2. The SMILES string of the molecule is COC(=O)C(c1ccccc1)c1ccc(N(C)CC(=O)c2ccccc2)cc1. The fourth-order valence-corrected chi connectivity index (χ4v) is 3.17. The van der Waals surface area contributed by atoms with Gasteiger partial charge < -0.3 is 9.64 Å². The van der Waals surface area contributed by atoms with E-state index in [4.69, 9.17) is 4.74 Å². The number of benzene rings is 3. The summed E-state index contributed by atoms with van der Waals surface area (Å²) >= 11 is 0. The van der Waals surface area contributed by atoms with Crippen LogP contribution in [0.25, 0.3) is 0 Å². The van der Waals surface area contributed by atoms with Gasteiger partial charge in [-0.15, -0.1) is 0 Å². The molecule has 142 valence electrons. The Morgan fingerprint density at radius 1 is 0.821 bits per heavy atom. The summed E-state index contributed by atoms with van der Waals surface area (Å²) in [5.74, 6) is -0.716. The Bertz CT molecular complexity index is 921. The highest BCUT2D eigenvalue weighted by Crippen LogP contribution is 2.27. The van der Waals surface area contributed by atoms with E-state index in [9.17, 15) is 9.59 Å². The minimum absolute atomic E-state index is 0.0592. The fourth-order valence-electron chi connectivity index (χ4n) is 3.17. The molecule has 0 saturated carbocycles. The Morgan fingerprint density at radius 2 is 1.36 bits per heavy atom. The number of carbonyl (C=O) groups is 2. The van der Waals surface area contributed by atoms with Crippen molar-refractivity contribution in [3.05, 3.63) is 102 Å². The monoisotopic (exact) mass is 373 g/mol. The summed E-state index contributed by atoms with van der Waals surface area (Å²) in [4.78, 5) is 26.7. The molecular formula is C24H23NO3. The molecule has 0 saturated heterocycles. The number of ether oxygens (including phenoxy) is 1. The van der Waals surface area contributed by atoms with E-state index < -0.39 is 5.92 Å². The number of ketones is 1. The van der Waals surface area contributed by atoms with Gasteiger partial charge >= 0.3 is 5.97 Å². The molecule has 3 aromatic rings. The second-order valence-electron chi connectivity index (χ2n) is 6.60. The van der Waals surface area contributed by atoms with E-state index in [1.807, 2.05) is 96.9 Å². The lowest BCUT2D eigenvalue weighted by atomic mass is 9.91. The number of hydrogen-bond acceptors (Lipinski definition) is 4. The number of anilines is 1. The normalized spacial score (nSPS) is 11.5. The van der Waals surface area contributed by atoms with Gasteiger partial charge in [0, 0.05) is 18.3 Å². The second kappa shape index (κ2) is 9.00.